The minimum Gasteiger partial charge on any atom is -0.340 e. The molecule has 3 unspecified atom stereocenters. The molecule has 3 rings (SSSR count). The molecule has 6 heteroatoms. The van der Waals surface area contributed by atoms with Crippen molar-refractivity contribution in [2.24, 2.45) is 11.8 Å². The minimum absolute atomic E-state index is 0. The predicted octanol–water partition coefficient (Wildman–Crippen LogP) is 2.55. The highest BCUT2D eigenvalue weighted by molar-refractivity contribution is 5.85. The fourth-order valence-electron chi connectivity index (χ4n) is 4.32. The number of hydrogen-bond donors (Lipinski definition) is 1. The maximum Gasteiger partial charge on any atom is 0.222 e. The van der Waals surface area contributed by atoms with Gasteiger partial charge >= 0.3 is 0 Å². The standard InChI is InChI=1S/C17H31N3O.2ClH/c1-14(15-5-4-7-18-12-15)11-17(21)20-10-9-19-8-3-2-6-16(19)13-20;;/h14-16,18H,2-13H2,1H3;2*1H. The van der Waals surface area contributed by atoms with Gasteiger partial charge in [-0.2, -0.15) is 0 Å². The molecule has 23 heavy (non-hydrogen) atoms. The molecule has 0 bridgehead atoms. The lowest BCUT2D eigenvalue weighted by Gasteiger charge is -2.44. The molecule has 3 aliphatic heterocycles. The van der Waals surface area contributed by atoms with Crippen LogP contribution >= 0.6 is 24.8 Å². The molecule has 1 N–H and O–H groups in total. The van der Waals surface area contributed by atoms with Crippen molar-refractivity contribution >= 4 is 30.7 Å². The first-order valence-electron chi connectivity index (χ1n) is 8.96. The summed E-state index contributed by atoms with van der Waals surface area (Å²) in [5.41, 5.74) is 0. The van der Waals surface area contributed by atoms with E-state index >= 15 is 0 Å². The number of nitrogens with one attached hydrogen (secondary N) is 1. The molecule has 136 valence electrons. The predicted molar refractivity (Wildman–Crippen MR) is 99.7 cm³/mol. The van der Waals surface area contributed by atoms with Gasteiger partial charge in [-0.15, -0.1) is 24.8 Å². The van der Waals surface area contributed by atoms with Crippen molar-refractivity contribution in [1.82, 2.24) is 15.1 Å². The van der Waals surface area contributed by atoms with E-state index in [4.69, 9.17) is 0 Å². The van der Waals surface area contributed by atoms with Crippen LogP contribution in [0.2, 0.25) is 0 Å². The SMILES string of the molecule is CC(CC(=O)N1CCN2CCCCC2C1)C1CCCNC1.Cl.Cl. The van der Waals surface area contributed by atoms with Crippen LogP contribution in [0, 0.1) is 11.8 Å². The maximum atomic E-state index is 12.6. The molecule has 3 aliphatic rings. The number of hydrogen-bond acceptors (Lipinski definition) is 3. The number of carbonyl (C=O) groups excluding carboxylic acids is 1. The van der Waals surface area contributed by atoms with E-state index < -0.39 is 0 Å². The first-order chi connectivity index (χ1) is 10.2. The highest BCUT2D eigenvalue weighted by Gasteiger charge is 2.32. The van der Waals surface area contributed by atoms with E-state index in [2.05, 4.69) is 22.0 Å². The second-order valence-corrected chi connectivity index (χ2v) is 7.31. The number of piperidine rings is 2. The van der Waals surface area contributed by atoms with Gasteiger partial charge in [-0.25, -0.2) is 0 Å². The molecule has 4 nitrogen and oxygen atoms in total. The third-order valence-corrected chi connectivity index (χ3v) is 5.83. The average molecular weight is 366 g/mol. The van der Waals surface area contributed by atoms with Crippen LogP contribution in [-0.2, 0) is 4.79 Å². The number of rotatable bonds is 3. The molecule has 0 saturated carbocycles. The zero-order valence-corrected chi connectivity index (χ0v) is 16.0. The summed E-state index contributed by atoms with van der Waals surface area (Å²) in [6.45, 7) is 8.80. The van der Waals surface area contributed by atoms with E-state index in [1.54, 1.807) is 0 Å². The Morgan fingerprint density at radius 3 is 2.70 bits per heavy atom. The number of halogens is 2. The second kappa shape index (κ2) is 10.1. The number of amides is 1. The molecule has 3 fully saturated rings. The lowest BCUT2D eigenvalue weighted by molar-refractivity contribution is -0.136. The zero-order valence-electron chi connectivity index (χ0n) is 14.3. The van der Waals surface area contributed by atoms with Gasteiger partial charge in [-0.1, -0.05) is 13.3 Å². The van der Waals surface area contributed by atoms with Crippen molar-refractivity contribution in [3.63, 3.8) is 0 Å². The lowest BCUT2D eigenvalue weighted by Crippen LogP contribution is -2.56. The van der Waals surface area contributed by atoms with Crippen LogP contribution in [0.1, 0.15) is 45.4 Å². The van der Waals surface area contributed by atoms with Crippen molar-refractivity contribution in [3.05, 3.63) is 0 Å². The van der Waals surface area contributed by atoms with Crippen molar-refractivity contribution in [1.29, 1.82) is 0 Å². The van der Waals surface area contributed by atoms with Gasteiger partial charge in [-0.05, 0) is 57.2 Å². The minimum atomic E-state index is 0. The van der Waals surface area contributed by atoms with Crippen LogP contribution in [-0.4, -0.2) is 61.0 Å². The summed E-state index contributed by atoms with van der Waals surface area (Å²) in [6.07, 6.45) is 7.27. The molecule has 3 saturated heterocycles. The average Bonchev–Trinajstić information content (AvgIpc) is 2.55. The third kappa shape index (κ3) is 5.48. The highest BCUT2D eigenvalue weighted by atomic mass is 35.5. The molecule has 1 amide bonds. The number of fused-ring (bicyclic) bond motifs is 1. The number of piperazine rings is 1. The topological polar surface area (TPSA) is 35.6 Å². The fourth-order valence-corrected chi connectivity index (χ4v) is 4.32. The summed E-state index contributed by atoms with van der Waals surface area (Å²) >= 11 is 0. The summed E-state index contributed by atoms with van der Waals surface area (Å²) in [6, 6.07) is 0.642. The molecule has 0 aromatic heterocycles. The van der Waals surface area contributed by atoms with Gasteiger partial charge < -0.3 is 10.2 Å². The van der Waals surface area contributed by atoms with Crippen LogP contribution < -0.4 is 5.32 Å². The Balaban J connectivity index is 0.00000132. The Morgan fingerprint density at radius 1 is 1.13 bits per heavy atom. The normalized spacial score (nSPS) is 29.7. The third-order valence-electron chi connectivity index (χ3n) is 5.83. The molecular weight excluding hydrogens is 333 g/mol. The molecule has 0 spiro atoms. The van der Waals surface area contributed by atoms with Crippen LogP contribution in [0.5, 0.6) is 0 Å². The molecule has 3 atom stereocenters. The number of carbonyl (C=O) groups is 1. The molecule has 0 aliphatic carbocycles. The largest absolute Gasteiger partial charge is 0.340 e. The number of nitrogens with zero attached hydrogens (tertiary/aromatic N) is 2. The quantitative estimate of drug-likeness (QED) is 0.834. The van der Waals surface area contributed by atoms with Crippen molar-refractivity contribution in [2.75, 3.05) is 39.3 Å². The van der Waals surface area contributed by atoms with Crippen LogP contribution in [0.3, 0.4) is 0 Å². The smallest absolute Gasteiger partial charge is 0.222 e. The molecule has 0 radical (unpaired) electrons. The Bertz CT molecular complexity index is 364. The second-order valence-electron chi connectivity index (χ2n) is 7.31. The van der Waals surface area contributed by atoms with E-state index in [-0.39, 0.29) is 24.8 Å². The first kappa shape index (κ1) is 21.0. The van der Waals surface area contributed by atoms with Gasteiger partial charge in [0.2, 0.25) is 5.91 Å². The fraction of sp³-hybridized carbons (Fsp3) is 0.941. The zero-order chi connectivity index (χ0) is 14.7. The van der Waals surface area contributed by atoms with Crippen LogP contribution in [0.4, 0.5) is 0 Å². The molecular formula is C17H33Cl2N3O. The Morgan fingerprint density at radius 2 is 1.96 bits per heavy atom. The molecule has 3 heterocycles. The van der Waals surface area contributed by atoms with Crippen molar-refractivity contribution in [3.8, 4) is 0 Å². The lowest BCUT2D eigenvalue weighted by atomic mass is 9.85. The van der Waals surface area contributed by atoms with E-state index in [1.165, 1.54) is 38.6 Å². The molecule has 0 aromatic carbocycles. The van der Waals surface area contributed by atoms with Crippen LogP contribution in [0.15, 0.2) is 0 Å². The Kier molecular flexibility index (Phi) is 9.20. The van der Waals surface area contributed by atoms with Gasteiger partial charge in [0.25, 0.3) is 0 Å². The van der Waals surface area contributed by atoms with Gasteiger partial charge in [0.05, 0.1) is 0 Å². The summed E-state index contributed by atoms with van der Waals surface area (Å²) in [5.74, 6) is 1.62. The van der Waals surface area contributed by atoms with Gasteiger partial charge in [-0.3, -0.25) is 9.69 Å². The maximum absolute atomic E-state index is 12.6. The van der Waals surface area contributed by atoms with E-state index in [0.29, 0.717) is 23.8 Å². The van der Waals surface area contributed by atoms with Gasteiger partial charge in [0, 0.05) is 32.1 Å². The summed E-state index contributed by atoms with van der Waals surface area (Å²) < 4.78 is 0. The van der Waals surface area contributed by atoms with E-state index in [0.717, 1.165) is 39.1 Å². The van der Waals surface area contributed by atoms with Crippen LogP contribution in [0.25, 0.3) is 0 Å². The van der Waals surface area contributed by atoms with Crippen molar-refractivity contribution < 1.29 is 4.79 Å². The van der Waals surface area contributed by atoms with E-state index in [1.807, 2.05) is 0 Å². The Hall–Kier alpha value is -0.0300. The van der Waals surface area contributed by atoms with Gasteiger partial charge in [0.15, 0.2) is 0 Å². The summed E-state index contributed by atoms with van der Waals surface area (Å²) in [4.78, 5) is 17.4. The molecule has 0 aromatic rings. The van der Waals surface area contributed by atoms with Gasteiger partial charge in [0.1, 0.15) is 0 Å². The van der Waals surface area contributed by atoms with E-state index in [9.17, 15) is 4.79 Å². The van der Waals surface area contributed by atoms with Crippen molar-refractivity contribution in [2.45, 2.75) is 51.5 Å². The first-order valence-corrected chi connectivity index (χ1v) is 8.96. The Labute approximate surface area is 153 Å². The summed E-state index contributed by atoms with van der Waals surface area (Å²) in [5, 5.41) is 3.47. The highest BCUT2D eigenvalue weighted by Crippen LogP contribution is 2.25. The summed E-state index contributed by atoms with van der Waals surface area (Å²) in [7, 11) is 0. The monoisotopic (exact) mass is 365 g/mol.